The van der Waals surface area contributed by atoms with E-state index in [2.05, 4.69) is 5.18 Å². The van der Waals surface area contributed by atoms with Crippen LogP contribution in [0.2, 0.25) is 0 Å². The van der Waals surface area contributed by atoms with E-state index in [9.17, 15) is 10.0 Å². The number of ether oxygens (including phenoxy) is 1. The van der Waals surface area contributed by atoms with Gasteiger partial charge in [-0.25, -0.2) is 0 Å². The van der Waals surface area contributed by atoms with Crippen molar-refractivity contribution in [1.82, 2.24) is 0 Å². The summed E-state index contributed by atoms with van der Waals surface area (Å²) >= 11 is 0. The SMILES string of the molecule is COc1cccc2c(O)c(N=O)ccc12. The van der Waals surface area contributed by atoms with E-state index in [1.807, 2.05) is 0 Å². The lowest BCUT2D eigenvalue weighted by atomic mass is 10.1. The van der Waals surface area contributed by atoms with Crippen LogP contribution < -0.4 is 4.74 Å². The zero-order valence-corrected chi connectivity index (χ0v) is 8.10. The minimum Gasteiger partial charge on any atom is -0.505 e. The number of phenols is 1. The summed E-state index contributed by atoms with van der Waals surface area (Å²) < 4.78 is 5.14. The van der Waals surface area contributed by atoms with Crippen LogP contribution in [0.25, 0.3) is 10.8 Å². The van der Waals surface area contributed by atoms with Gasteiger partial charge in [0.1, 0.15) is 11.4 Å². The lowest BCUT2D eigenvalue weighted by Crippen LogP contribution is -1.84. The Morgan fingerprint density at radius 2 is 2.00 bits per heavy atom. The number of benzene rings is 2. The zero-order valence-electron chi connectivity index (χ0n) is 8.10. The number of phenolic OH excluding ortho intramolecular Hbond substituents is 1. The Labute approximate surface area is 86.1 Å². The second-order valence-electron chi connectivity index (χ2n) is 3.08. The third kappa shape index (κ3) is 1.40. The fourth-order valence-corrected chi connectivity index (χ4v) is 1.55. The van der Waals surface area contributed by atoms with Gasteiger partial charge in [0.2, 0.25) is 0 Å². The largest absolute Gasteiger partial charge is 0.505 e. The van der Waals surface area contributed by atoms with Crippen molar-refractivity contribution in [3.05, 3.63) is 35.2 Å². The van der Waals surface area contributed by atoms with Crippen molar-refractivity contribution in [2.75, 3.05) is 7.11 Å². The average Bonchev–Trinajstić information content (AvgIpc) is 2.29. The molecule has 4 heteroatoms. The van der Waals surface area contributed by atoms with Gasteiger partial charge in [-0.05, 0) is 23.4 Å². The van der Waals surface area contributed by atoms with Gasteiger partial charge < -0.3 is 9.84 Å². The summed E-state index contributed by atoms with van der Waals surface area (Å²) in [7, 11) is 1.55. The highest BCUT2D eigenvalue weighted by Crippen LogP contribution is 2.37. The fourth-order valence-electron chi connectivity index (χ4n) is 1.55. The number of fused-ring (bicyclic) bond motifs is 1. The van der Waals surface area contributed by atoms with Crippen LogP contribution in [0.3, 0.4) is 0 Å². The molecule has 15 heavy (non-hydrogen) atoms. The third-order valence-corrected chi connectivity index (χ3v) is 2.29. The fraction of sp³-hybridized carbons (Fsp3) is 0.0909. The molecule has 0 amide bonds. The van der Waals surface area contributed by atoms with Crippen LogP contribution in [0.15, 0.2) is 35.5 Å². The number of nitrogens with zero attached hydrogens (tertiary/aromatic N) is 1. The van der Waals surface area contributed by atoms with E-state index in [0.29, 0.717) is 11.1 Å². The molecule has 2 rings (SSSR count). The molecular weight excluding hydrogens is 194 g/mol. The maximum Gasteiger partial charge on any atom is 0.152 e. The van der Waals surface area contributed by atoms with Gasteiger partial charge in [-0.2, -0.15) is 0 Å². The van der Waals surface area contributed by atoms with Crippen LogP contribution in [0.1, 0.15) is 0 Å². The molecule has 2 aromatic carbocycles. The number of rotatable bonds is 2. The van der Waals surface area contributed by atoms with Gasteiger partial charge in [0.25, 0.3) is 0 Å². The van der Waals surface area contributed by atoms with Crippen molar-refractivity contribution in [1.29, 1.82) is 0 Å². The highest BCUT2D eigenvalue weighted by Gasteiger charge is 2.09. The van der Waals surface area contributed by atoms with E-state index in [0.717, 1.165) is 5.39 Å². The third-order valence-electron chi connectivity index (χ3n) is 2.29. The van der Waals surface area contributed by atoms with E-state index in [4.69, 9.17) is 4.74 Å². The molecule has 0 radical (unpaired) electrons. The molecule has 0 spiro atoms. The van der Waals surface area contributed by atoms with Gasteiger partial charge in [0.05, 0.1) is 7.11 Å². The Morgan fingerprint density at radius 1 is 1.20 bits per heavy atom. The summed E-state index contributed by atoms with van der Waals surface area (Å²) in [6.45, 7) is 0. The van der Waals surface area contributed by atoms with E-state index in [1.165, 1.54) is 6.07 Å². The van der Waals surface area contributed by atoms with Gasteiger partial charge in [0.15, 0.2) is 5.75 Å². The first kappa shape index (κ1) is 9.45. The molecule has 0 aliphatic carbocycles. The molecule has 0 saturated carbocycles. The standard InChI is InChI=1S/C11H9NO3/c1-15-10-4-2-3-8-7(10)5-6-9(12-14)11(8)13/h2-6,13H,1H3. The normalized spacial score (nSPS) is 10.2. The number of methoxy groups -OCH3 is 1. The molecule has 0 aliphatic rings. The summed E-state index contributed by atoms with van der Waals surface area (Å²) in [4.78, 5) is 10.4. The topological polar surface area (TPSA) is 58.9 Å². The summed E-state index contributed by atoms with van der Waals surface area (Å²) in [5, 5.41) is 13.8. The highest BCUT2D eigenvalue weighted by atomic mass is 16.5. The van der Waals surface area contributed by atoms with Gasteiger partial charge in [-0.1, -0.05) is 12.1 Å². The lowest BCUT2D eigenvalue weighted by molar-refractivity contribution is 0.419. The maximum absolute atomic E-state index is 10.4. The molecule has 4 nitrogen and oxygen atoms in total. The second-order valence-corrected chi connectivity index (χ2v) is 3.08. The molecular formula is C11H9NO3. The number of hydrogen-bond acceptors (Lipinski definition) is 4. The molecule has 0 heterocycles. The molecule has 0 saturated heterocycles. The smallest absolute Gasteiger partial charge is 0.152 e. The van der Waals surface area contributed by atoms with Crippen LogP contribution in [0.5, 0.6) is 11.5 Å². The Bertz CT molecular complexity index is 522. The molecule has 0 aliphatic heterocycles. The van der Waals surface area contributed by atoms with E-state index in [-0.39, 0.29) is 11.4 Å². The first-order valence-electron chi connectivity index (χ1n) is 4.40. The molecule has 2 aromatic rings. The van der Waals surface area contributed by atoms with Crippen molar-refractivity contribution in [3.63, 3.8) is 0 Å². The van der Waals surface area contributed by atoms with E-state index >= 15 is 0 Å². The minimum atomic E-state index is -0.110. The Balaban J connectivity index is 2.84. The maximum atomic E-state index is 10.4. The summed E-state index contributed by atoms with van der Waals surface area (Å²) in [6.07, 6.45) is 0. The molecule has 1 N–H and O–H groups in total. The van der Waals surface area contributed by atoms with Crippen LogP contribution in [0, 0.1) is 4.91 Å². The Kier molecular flexibility index (Phi) is 2.25. The van der Waals surface area contributed by atoms with Crippen LogP contribution in [-0.4, -0.2) is 12.2 Å². The predicted molar refractivity (Wildman–Crippen MR) is 57.6 cm³/mol. The zero-order chi connectivity index (χ0) is 10.8. The number of aromatic hydroxyl groups is 1. The Hall–Kier alpha value is -2.10. The number of hydrogen-bond donors (Lipinski definition) is 1. The first-order chi connectivity index (χ1) is 7.27. The minimum absolute atomic E-state index is 0.0377. The van der Waals surface area contributed by atoms with Crippen LogP contribution in [-0.2, 0) is 0 Å². The van der Waals surface area contributed by atoms with E-state index < -0.39 is 0 Å². The van der Waals surface area contributed by atoms with Gasteiger partial charge >= 0.3 is 0 Å². The van der Waals surface area contributed by atoms with Crippen molar-refractivity contribution < 1.29 is 9.84 Å². The summed E-state index contributed by atoms with van der Waals surface area (Å²) in [6, 6.07) is 8.41. The van der Waals surface area contributed by atoms with Crippen molar-refractivity contribution in [3.8, 4) is 11.5 Å². The van der Waals surface area contributed by atoms with Crippen molar-refractivity contribution in [2.24, 2.45) is 5.18 Å². The summed E-state index contributed by atoms with van der Waals surface area (Å²) in [5.41, 5.74) is 0.0377. The Morgan fingerprint density at radius 3 is 2.67 bits per heavy atom. The molecule has 0 unspecified atom stereocenters. The molecule has 0 atom stereocenters. The van der Waals surface area contributed by atoms with Crippen LogP contribution >= 0.6 is 0 Å². The summed E-state index contributed by atoms with van der Waals surface area (Å²) in [5.74, 6) is 0.543. The monoisotopic (exact) mass is 203 g/mol. The average molecular weight is 203 g/mol. The van der Waals surface area contributed by atoms with E-state index in [1.54, 1.807) is 31.4 Å². The highest BCUT2D eigenvalue weighted by molar-refractivity contribution is 5.96. The lowest BCUT2D eigenvalue weighted by Gasteiger charge is -2.06. The van der Waals surface area contributed by atoms with Crippen molar-refractivity contribution >= 4 is 16.5 Å². The second kappa shape index (κ2) is 3.57. The molecule has 0 fully saturated rings. The van der Waals surface area contributed by atoms with Crippen LogP contribution in [0.4, 0.5) is 5.69 Å². The number of nitroso groups, excluding NO2 is 1. The van der Waals surface area contributed by atoms with Gasteiger partial charge in [-0.3, -0.25) is 0 Å². The van der Waals surface area contributed by atoms with Gasteiger partial charge in [0, 0.05) is 10.8 Å². The quantitative estimate of drug-likeness (QED) is 0.763. The first-order valence-corrected chi connectivity index (χ1v) is 4.40. The molecule has 76 valence electrons. The molecule has 0 bridgehead atoms. The van der Waals surface area contributed by atoms with Gasteiger partial charge in [-0.15, -0.1) is 4.91 Å². The van der Waals surface area contributed by atoms with Crippen molar-refractivity contribution in [2.45, 2.75) is 0 Å². The predicted octanol–water partition coefficient (Wildman–Crippen LogP) is 2.95. The molecule has 0 aromatic heterocycles.